The molecule has 3 rings (SSSR count). The number of amides is 1. The molecule has 0 saturated heterocycles. The second kappa shape index (κ2) is 9.32. The Labute approximate surface area is 172 Å². The minimum absolute atomic E-state index is 0.207. The molecule has 0 aliphatic rings. The Hall–Kier alpha value is -3.21. The summed E-state index contributed by atoms with van der Waals surface area (Å²) >= 11 is 0. The maximum absolute atomic E-state index is 13.0. The standard InChI is InChI=1S/C24H28N4O/c1-16(2)20-9-7-10-21(17(3)4)23(20)28-24(29)22-14-18(11-13-26-22)27-15-19-8-5-6-12-25-19/h5-14,16-17H,15H2,1-4H3,(H,26,27)(H,28,29). The lowest BCUT2D eigenvalue weighted by Crippen LogP contribution is -2.17. The van der Waals surface area contributed by atoms with E-state index >= 15 is 0 Å². The number of carbonyl (C=O) groups is 1. The summed E-state index contributed by atoms with van der Waals surface area (Å²) in [5, 5.41) is 6.41. The Morgan fingerprint density at radius 1 is 0.897 bits per heavy atom. The van der Waals surface area contributed by atoms with E-state index in [1.165, 1.54) is 0 Å². The van der Waals surface area contributed by atoms with Crippen molar-refractivity contribution in [2.24, 2.45) is 0 Å². The first-order valence-electron chi connectivity index (χ1n) is 9.99. The molecule has 29 heavy (non-hydrogen) atoms. The average Bonchev–Trinajstić information content (AvgIpc) is 2.73. The number of benzene rings is 1. The monoisotopic (exact) mass is 388 g/mol. The van der Waals surface area contributed by atoms with Crippen LogP contribution in [0.25, 0.3) is 0 Å². The average molecular weight is 389 g/mol. The second-order valence-electron chi connectivity index (χ2n) is 7.68. The van der Waals surface area contributed by atoms with Gasteiger partial charge in [0.05, 0.1) is 12.2 Å². The molecular formula is C24H28N4O. The van der Waals surface area contributed by atoms with Crippen molar-refractivity contribution in [3.63, 3.8) is 0 Å². The van der Waals surface area contributed by atoms with E-state index in [1.807, 2.05) is 24.3 Å². The summed E-state index contributed by atoms with van der Waals surface area (Å²) in [6.45, 7) is 9.12. The zero-order valence-corrected chi connectivity index (χ0v) is 17.4. The van der Waals surface area contributed by atoms with E-state index in [0.717, 1.165) is 28.2 Å². The molecule has 0 bridgehead atoms. The molecule has 0 radical (unpaired) electrons. The van der Waals surface area contributed by atoms with E-state index in [4.69, 9.17) is 0 Å². The Morgan fingerprint density at radius 3 is 2.24 bits per heavy atom. The van der Waals surface area contributed by atoms with Crippen LogP contribution in [0.3, 0.4) is 0 Å². The molecule has 2 aromatic heterocycles. The van der Waals surface area contributed by atoms with Crippen molar-refractivity contribution in [1.29, 1.82) is 0 Å². The van der Waals surface area contributed by atoms with Gasteiger partial charge < -0.3 is 10.6 Å². The largest absolute Gasteiger partial charge is 0.379 e. The highest BCUT2D eigenvalue weighted by Gasteiger charge is 2.17. The molecular weight excluding hydrogens is 360 g/mol. The Kier molecular flexibility index (Phi) is 6.60. The number of hydrogen-bond donors (Lipinski definition) is 2. The SMILES string of the molecule is CC(C)c1cccc(C(C)C)c1NC(=O)c1cc(NCc2ccccn2)ccn1. The van der Waals surface area contributed by atoms with Gasteiger partial charge in [-0.05, 0) is 47.2 Å². The number of aromatic nitrogens is 2. The van der Waals surface area contributed by atoms with Crippen molar-refractivity contribution in [3.05, 3.63) is 83.4 Å². The summed E-state index contributed by atoms with van der Waals surface area (Å²) in [6, 6.07) is 15.6. The summed E-state index contributed by atoms with van der Waals surface area (Å²) in [5.41, 5.74) is 5.31. The number of nitrogens with zero attached hydrogens (tertiary/aromatic N) is 2. The minimum Gasteiger partial charge on any atom is -0.379 e. The number of pyridine rings is 2. The van der Waals surface area contributed by atoms with E-state index in [1.54, 1.807) is 18.5 Å². The van der Waals surface area contributed by atoms with Gasteiger partial charge in [-0.15, -0.1) is 0 Å². The quantitative estimate of drug-likeness (QED) is 0.554. The zero-order chi connectivity index (χ0) is 20.8. The van der Waals surface area contributed by atoms with Crippen LogP contribution in [-0.2, 0) is 6.54 Å². The van der Waals surface area contributed by atoms with Crippen LogP contribution in [0.2, 0.25) is 0 Å². The van der Waals surface area contributed by atoms with Gasteiger partial charge >= 0.3 is 0 Å². The molecule has 0 atom stereocenters. The number of rotatable bonds is 7. The van der Waals surface area contributed by atoms with E-state index in [-0.39, 0.29) is 5.91 Å². The van der Waals surface area contributed by atoms with Gasteiger partial charge in [-0.2, -0.15) is 0 Å². The van der Waals surface area contributed by atoms with E-state index in [9.17, 15) is 4.79 Å². The molecule has 5 heteroatoms. The molecule has 0 saturated carbocycles. The Morgan fingerprint density at radius 2 is 1.62 bits per heavy atom. The second-order valence-corrected chi connectivity index (χ2v) is 7.68. The van der Waals surface area contributed by atoms with Gasteiger partial charge in [0.1, 0.15) is 5.69 Å². The van der Waals surface area contributed by atoms with Gasteiger partial charge in [0.15, 0.2) is 0 Å². The third-order valence-electron chi connectivity index (χ3n) is 4.80. The summed E-state index contributed by atoms with van der Waals surface area (Å²) in [5.74, 6) is 0.410. The zero-order valence-electron chi connectivity index (χ0n) is 17.4. The highest BCUT2D eigenvalue weighted by atomic mass is 16.1. The Balaban J connectivity index is 1.80. The van der Waals surface area contributed by atoms with Crippen LogP contribution >= 0.6 is 0 Å². The summed E-state index contributed by atoms with van der Waals surface area (Å²) < 4.78 is 0. The normalized spacial score (nSPS) is 11.0. The minimum atomic E-state index is -0.207. The highest BCUT2D eigenvalue weighted by molar-refractivity contribution is 6.04. The van der Waals surface area contributed by atoms with Crippen LogP contribution in [-0.4, -0.2) is 15.9 Å². The van der Waals surface area contributed by atoms with Gasteiger partial charge in [0.25, 0.3) is 5.91 Å². The van der Waals surface area contributed by atoms with Crippen LogP contribution in [0.1, 0.15) is 66.8 Å². The molecule has 3 aromatic rings. The molecule has 0 fully saturated rings. The number of carbonyl (C=O) groups excluding carboxylic acids is 1. The van der Waals surface area contributed by atoms with E-state index in [0.29, 0.717) is 24.1 Å². The van der Waals surface area contributed by atoms with E-state index in [2.05, 4.69) is 66.5 Å². The highest BCUT2D eigenvalue weighted by Crippen LogP contribution is 2.32. The molecule has 1 amide bonds. The molecule has 2 heterocycles. The van der Waals surface area contributed by atoms with Crippen LogP contribution in [0, 0.1) is 0 Å². The first-order valence-corrected chi connectivity index (χ1v) is 9.99. The van der Waals surface area contributed by atoms with Crippen LogP contribution in [0.15, 0.2) is 60.9 Å². The summed E-state index contributed by atoms with van der Waals surface area (Å²) in [7, 11) is 0. The van der Waals surface area contributed by atoms with Gasteiger partial charge in [0.2, 0.25) is 0 Å². The first-order chi connectivity index (χ1) is 14.0. The van der Waals surface area contributed by atoms with Gasteiger partial charge in [0, 0.05) is 23.8 Å². The maximum Gasteiger partial charge on any atom is 0.274 e. The molecule has 0 aliphatic heterocycles. The van der Waals surface area contributed by atoms with Crippen molar-refractivity contribution in [2.45, 2.75) is 46.1 Å². The topological polar surface area (TPSA) is 66.9 Å². The molecule has 0 aliphatic carbocycles. The van der Waals surface area contributed by atoms with E-state index < -0.39 is 0 Å². The molecule has 0 spiro atoms. The molecule has 0 unspecified atom stereocenters. The predicted octanol–water partition coefficient (Wildman–Crippen LogP) is 5.59. The van der Waals surface area contributed by atoms with Crippen molar-refractivity contribution in [1.82, 2.24) is 9.97 Å². The van der Waals surface area contributed by atoms with Crippen LogP contribution in [0.4, 0.5) is 11.4 Å². The van der Waals surface area contributed by atoms with Crippen molar-refractivity contribution in [2.75, 3.05) is 10.6 Å². The predicted molar refractivity (Wildman–Crippen MR) is 118 cm³/mol. The molecule has 150 valence electrons. The lowest BCUT2D eigenvalue weighted by molar-refractivity contribution is 0.102. The summed E-state index contributed by atoms with van der Waals surface area (Å²) in [4.78, 5) is 21.6. The fraction of sp³-hybridized carbons (Fsp3) is 0.292. The summed E-state index contributed by atoms with van der Waals surface area (Å²) in [6.07, 6.45) is 3.41. The number of hydrogen-bond acceptors (Lipinski definition) is 4. The number of para-hydroxylation sites is 1. The van der Waals surface area contributed by atoms with Crippen molar-refractivity contribution in [3.8, 4) is 0 Å². The van der Waals surface area contributed by atoms with Crippen LogP contribution < -0.4 is 10.6 Å². The lowest BCUT2D eigenvalue weighted by Gasteiger charge is -2.20. The number of nitrogens with one attached hydrogen (secondary N) is 2. The van der Waals surface area contributed by atoms with Crippen LogP contribution in [0.5, 0.6) is 0 Å². The third kappa shape index (κ3) is 5.19. The third-order valence-corrected chi connectivity index (χ3v) is 4.80. The fourth-order valence-electron chi connectivity index (χ4n) is 3.23. The van der Waals surface area contributed by atoms with Gasteiger partial charge in [-0.1, -0.05) is 52.0 Å². The van der Waals surface area contributed by atoms with Crippen molar-refractivity contribution < 1.29 is 4.79 Å². The van der Waals surface area contributed by atoms with Gasteiger partial charge in [-0.3, -0.25) is 14.8 Å². The maximum atomic E-state index is 13.0. The van der Waals surface area contributed by atoms with Crippen molar-refractivity contribution >= 4 is 17.3 Å². The lowest BCUT2D eigenvalue weighted by atomic mass is 9.92. The van der Waals surface area contributed by atoms with Gasteiger partial charge in [-0.25, -0.2) is 0 Å². The molecule has 5 nitrogen and oxygen atoms in total. The molecule has 2 N–H and O–H groups in total. The smallest absolute Gasteiger partial charge is 0.274 e. The Bertz CT molecular complexity index is 941. The first kappa shape index (κ1) is 20.5. The molecule has 1 aromatic carbocycles. The number of anilines is 2. The fourth-order valence-corrected chi connectivity index (χ4v) is 3.23.